The van der Waals surface area contributed by atoms with E-state index in [0.29, 0.717) is 18.0 Å². The molecule has 6 nitrogen and oxygen atoms in total. The molecule has 1 fully saturated rings. The van der Waals surface area contributed by atoms with E-state index in [2.05, 4.69) is 10.6 Å². The molecule has 2 rings (SSSR count). The molecule has 1 aliphatic rings. The smallest absolute Gasteiger partial charge is 0.238 e. The number of carbonyl (C=O) groups is 1. The molecule has 4 N–H and O–H groups in total. The van der Waals surface area contributed by atoms with E-state index in [-0.39, 0.29) is 10.8 Å². The van der Waals surface area contributed by atoms with Crippen LogP contribution in [0.3, 0.4) is 0 Å². The molecule has 1 saturated heterocycles. The van der Waals surface area contributed by atoms with E-state index in [1.807, 2.05) is 0 Å². The van der Waals surface area contributed by atoms with E-state index in [1.165, 1.54) is 12.1 Å². The van der Waals surface area contributed by atoms with E-state index < -0.39 is 10.0 Å². The Hall–Kier alpha value is -1.44. The third kappa shape index (κ3) is 5.11. The molecular weight excluding hydrogens is 290 g/mol. The molecule has 0 spiro atoms. The molecule has 0 aromatic heterocycles. The lowest BCUT2D eigenvalue weighted by molar-refractivity contribution is -0.116. The van der Waals surface area contributed by atoms with Gasteiger partial charge in [-0.1, -0.05) is 0 Å². The minimum absolute atomic E-state index is 0.0372. The summed E-state index contributed by atoms with van der Waals surface area (Å²) in [6.07, 6.45) is 3.62. The summed E-state index contributed by atoms with van der Waals surface area (Å²) < 4.78 is 22.3. The summed E-state index contributed by atoms with van der Waals surface area (Å²) in [6.45, 7) is 2.06. The monoisotopic (exact) mass is 311 g/mol. The Balaban J connectivity index is 1.82. The van der Waals surface area contributed by atoms with Crippen molar-refractivity contribution in [2.45, 2.75) is 30.6 Å². The maximum atomic E-state index is 11.9. The van der Waals surface area contributed by atoms with Crippen molar-refractivity contribution < 1.29 is 13.2 Å². The van der Waals surface area contributed by atoms with E-state index in [4.69, 9.17) is 5.14 Å². The van der Waals surface area contributed by atoms with Crippen LogP contribution in [0.5, 0.6) is 0 Å². The summed E-state index contributed by atoms with van der Waals surface area (Å²) in [7, 11) is -3.69. The number of benzene rings is 1. The minimum Gasteiger partial charge on any atom is -0.326 e. The van der Waals surface area contributed by atoms with Crippen molar-refractivity contribution in [3.63, 3.8) is 0 Å². The second kappa shape index (κ2) is 7.02. The average molecular weight is 311 g/mol. The van der Waals surface area contributed by atoms with Gasteiger partial charge >= 0.3 is 0 Å². The van der Waals surface area contributed by atoms with Crippen molar-refractivity contribution >= 4 is 21.6 Å². The molecule has 0 unspecified atom stereocenters. The number of piperidine rings is 1. The maximum absolute atomic E-state index is 11.9. The number of amides is 1. The first-order chi connectivity index (χ1) is 9.95. The van der Waals surface area contributed by atoms with Gasteiger partial charge < -0.3 is 10.6 Å². The molecule has 116 valence electrons. The van der Waals surface area contributed by atoms with Crippen LogP contribution in [0.25, 0.3) is 0 Å². The van der Waals surface area contributed by atoms with Gasteiger partial charge in [0.2, 0.25) is 15.9 Å². The van der Waals surface area contributed by atoms with Crippen LogP contribution in [0, 0.1) is 5.92 Å². The molecule has 1 aromatic carbocycles. The zero-order chi connectivity index (χ0) is 15.3. The Labute approximate surface area is 125 Å². The molecule has 0 bridgehead atoms. The summed E-state index contributed by atoms with van der Waals surface area (Å²) in [5, 5.41) is 11.1. The third-order valence-electron chi connectivity index (χ3n) is 3.70. The molecule has 1 aliphatic heterocycles. The zero-order valence-corrected chi connectivity index (χ0v) is 12.7. The van der Waals surface area contributed by atoms with Crippen LogP contribution >= 0.6 is 0 Å². The van der Waals surface area contributed by atoms with Crippen molar-refractivity contribution in [1.29, 1.82) is 0 Å². The first-order valence-electron chi connectivity index (χ1n) is 7.08. The van der Waals surface area contributed by atoms with Gasteiger partial charge in [0.05, 0.1) is 4.90 Å². The number of nitrogens with one attached hydrogen (secondary N) is 2. The molecule has 0 aliphatic carbocycles. The Morgan fingerprint density at radius 2 is 1.86 bits per heavy atom. The lowest BCUT2D eigenvalue weighted by Gasteiger charge is -2.22. The molecular formula is C14H21N3O3S. The summed E-state index contributed by atoms with van der Waals surface area (Å²) >= 11 is 0. The van der Waals surface area contributed by atoms with Crippen molar-refractivity contribution in [3.8, 4) is 0 Å². The summed E-state index contributed by atoms with van der Waals surface area (Å²) in [6, 6.07) is 5.86. The number of carbonyl (C=O) groups excluding carboxylic acids is 1. The normalized spacial score (nSPS) is 16.6. The quantitative estimate of drug-likeness (QED) is 0.756. The lowest BCUT2D eigenvalue weighted by Crippen LogP contribution is -2.28. The van der Waals surface area contributed by atoms with E-state index in [9.17, 15) is 13.2 Å². The van der Waals surface area contributed by atoms with Gasteiger partial charge in [-0.25, -0.2) is 13.6 Å². The number of rotatable bonds is 5. The highest BCUT2D eigenvalue weighted by atomic mass is 32.2. The maximum Gasteiger partial charge on any atom is 0.238 e. The third-order valence-corrected chi connectivity index (χ3v) is 4.63. The van der Waals surface area contributed by atoms with Gasteiger partial charge in [0, 0.05) is 12.1 Å². The van der Waals surface area contributed by atoms with Gasteiger partial charge in [-0.05, 0) is 62.5 Å². The van der Waals surface area contributed by atoms with E-state index in [1.54, 1.807) is 12.1 Å². The molecule has 0 atom stereocenters. The predicted molar refractivity (Wildman–Crippen MR) is 81.3 cm³/mol. The van der Waals surface area contributed by atoms with Crippen LogP contribution in [0.15, 0.2) is 29.2 Å². The van der Waals surface area contributed by atoms with Gasteiger partial charge in [-0.15, -0.1) is 0 Å². The highest BCUT2D eigenvalue weighted by molar-refractivity contribution is 7.89. The molecule has 1 amide bonds. The number of anilines is 1. The van der Waals surface area contributed by atoms with Crippen LogP contribution in [-0.4, -0.2) is 27.4 Å². The van der Waals surface area contributed by atoms with Gasteiger partial charge in [-0.2, -0.15) is 0 Å². The topological polar surface area (TPSA) is 101 Å². The van der Waals surface area contributed by atoms with Crippen molar-refractivity contribution in [2.75, 3.05) is 18.4 Å². The summed E-state index contributed by atoms with van der Waals surface area (Å²) in [4.78, 5) is 11.9. The van der Waals surface area contributed by atoms with Gasteiger partial charge in [0.15, 0.2) is 0 Å². The van der Waals surface area contributed by atoms with Crippen molar-refractivity contribution in [1.82, 2.24) is 5.32 Å². The lowest BCUT2D eigenvalue weighted by atomic mass is 9.93. The highest BCUT2D eigenvalue weighted by Crippen LogP contribution is 2.18. The fourth-order valence-corrected chi connectivity index (χ4v) is 2.97. The van der Waals surface area contributed by atoms with Crippen LogP contribution in [-0.2, 0) is 14.8 Å². The van der Waals surface area contributed by atoms with Gasteiger partial charge in [0.25, 0.3) is 0 Å². The summed E-state index contributed by atoms with van der Waals surface area (Å²) in [5.41, 5.74) is 0.581. The molecule has 0 radical (unpaired) electrons. The average Bonchev–Trinajstić information content (AvgIpc) is 2.46. The largest absolute Gasteiger partial charge is 0.326 e. The number of hydrogen-bond donors (Lipinski definition) is 3. The molecule has 0 saturated carbocycles. The second-order valence-electron chi connectivity index (χ2n) is 5.35. The second-order valence-corrected chi connectivity index (χ2v) is 6.91. The number of nitrogens with two attached hydrogens (primary N) is 1. The number of hydrogen-bond acceptors (Lipinski definition) is 4. The SMILES string of the molecule is NS(=O)(=O)c1ccc(NC(=O)CCC2CCNCC2)cc1. The van der Waals surface area contributed by atoms with Crippen molar-refractivity contribution in [3.05, 3.63) is 24.3 Å². The Morgan fingerprint density at radius 1 is 1.24 bits per heavy atom. The fourth-order valence-electron chi connectivity index (χ4n) is 2.46. The van der Waals surface area contributed by atoms with Crippen LogP contribution in [0.2, 0.25) is 0 Å². The molecule has 1 aromatic rings. The fraction of sp³-hybridized carbons (Fsp3) is 0.500. The molecule has 1 heterocycles. The first-order valence-corrected chi connectivity index (χ1v) is 8.63. The van der Waals surface area contributed by atoms with Crippen LogP contribution in [0.4, 0.5) is 5.69 Å². The van der Waals surface area contributed by atoms with Gasteiger partial charge in [0.1, 0.15) is 0 Å². The molecule has 7 heteroatoms. The van der Waals surface area contributed by atoms with Crippen LogP contribution in [0.1, 0.15) is 25.7 Å². The van der Waals surface area contributed by atoms with Crippen molar-refractivity contribution in [2.24, 2.45) is 11.1 Å². The van der Waals surface area contributed by atoms with Gasteiger partial charge in [-0.3, -0.25) is 4.79 Å². The van der Waals surface area contributed by atoms with E-state index in [0.717, 1.165) is 32.4 Å². The highest BCUT2D eigenvalue weighted by Gasteiger charge is 2.14. The zero-order valence-electron chi connectivity index (χ0n) is 11.8. The number of sulfonamides is 1. The Bertz CT molecular complexity index is 578. The number of primary sulfonamides is 1. The Kier molecular flexibility index (Phi) is 5.33. The predicted octanol–water partition coefficient (Wildman–Crippen LogP) is 1.05. The molecule has 21 heavy (non-hydrogen) atoms. The standard InChI is InChI=1S/C14H21N3O3S/c15-21(19,20)13-4-2-12(3-5-13)17-14(18)6-1-11-7-9-16-10-8-11/h2-5,11,16H,1,6-10H2,(H,17,18)(H2,15,19,20). The van der Waals surface area contributed by atoms with Crippen LogP contribution < -0.4 is 15.8 Å². The minimum atomic E-state index is -3.69. The summed E-state index contributed by atoms with van der Waals surface area (Å²) in [5.74, 6) is 0.568. The van der Waals surface area contributed by atoms with E-state index >= 15 is 0 Å². The first kappa shape index (κ1) is 15.9. The Morgan fingerprint density at radius 3 is 2.43 bits per heavy atom.